The number of rotatable bonds is 2. The van der Waals surface area contributed by atoms with Crippen LogP contribution in [-0.4, -0.2) is 35.6 Å². The van der Waals surface area contributed by atoms with Crippen LogP contribution in [0.5, 0.6) is 0 Å². The van der Waals surface area contributed by atoms with E-state index >= 15 is 0 Å². The van der Waals surface area contributed by atoms with E-state index in [4.69, 9.17) is 4.74 Å². The van der Waals surface area contributed by atoms with E-state index in [0.717, 1.165) is 26.2 Å². The number of nitrogens with one attached hydrogen (secondary N) is 1. The molecule has 1 saturated heterocycles. The van der Waals surface area contributed by atoms with Gasteiger partial charge in [0.2, 0.25) is 0 Å². The molecule has 4 nitrogen and oxygen atoms in total. The van der Waals surface area contributed by atoms with Gasteiger partial charge in [0.25, 0.3) is 0 Å². The second-order valence-corrected chi connectivity index (χ2v) is 4.08. The lowest BCUT2D eigenvalue weighted by molar-refractivity contribution is 0.0169. The molecule has 1 unspecified atom stereocenters. The van der Waals surface area contributed by atoms with Gasteiger partial charge in [-0.05, 0) is 6.07 Å². The predicted octanol–water partition coefficient (Wildman–Crippen LogP) is 1.02. The highest BCUT2D eigenvalue weighted by Crippen LogP contribution is 2.13. The van der Waals surface area contributed by atoms with E-state index in [-0.39, 0.29) is 6.10 Å². The number of benzene rings is 1. The molecule has 1 fully saturated rings. The fourth-order valence-electron chi connectivity index (χ4n) is 2.10. The largest absolute Gasteiger partial charge is 0.374 e. The van der Waals surface area contributed by atoms with E-state index in [1.165, 1.54) is 10.9 Å². The molecule has 16 heavy (non-hydrogen) atoms. The van der Waals surface area contributed by atoms with Gasteiger partial charge in [-0.25, -0.2) is 0 Å². The van der Waals surface area contributed by atoms with Gasteiger partial charge < -0.3 is 10.1 Å². The van der Waals surface area contributed by atoms with Crippen molar-refractivity contribution < 1.29 is 4.74 Å². The summed E-state index contributed by atoms with van der Waals surface area (Å²) in [5, 5.41) is 8.91. The predicted molar refractivity (Wildman–Crippen MR) is 62.3 cm³/mol. The number of hydrogen-bond donors (Lipinski definition) is 1. The molecule has 0 amide bonds. The van der Waals surface area contributed by atoms with Gasteiger partial charge in [-0.3, -0.25) is 4.68 Å². The molecule has 0 radical (unpaired) electrons. The SMILES string of the molecule is c1ccc2c(c1)cnn2CC1CNCCO1. The van der Waals surface area contributed by atoms with E-state index in [1.807, 2.05) is 23.0 Å². The Hall–Kier alpha value is -1.39. The van der Waals surface area contributed by atoms with Crippen LogP contribution in [0.15, 0.2) is 30.5 Å². The average molecular weight is 217 g/mol. The van der Waals surface area contributed by atoms with E-state index in [1.54, 1.807) is 0 Å². The van der Waals surface area contributed by atoms with Gasteiger partial charge in [-0.1, -0.05) is 18.2 Å². The van der Waals surface area contributed by atoms with Crippen molar-refractivity contribution in [2.75, 3.05) is 19.7 Å². The summed E-state index contributed by atoms with van der Waals surface area (Å²) >= 11 is 0. The molecule has 0 bridgehead atoms. The maximum Gasteiger partial charge on any atom is 0.0895 e. The third-order valence-corrected chi connectivity index (χ3v) is 2.93. The first-order valence-electron chi connectivity index (χ1n) is 5.66. The van der Waals surface area contributed by atoms with Crippen molar-refractivity contribution in [3.8, 4) is 0 Å². The molecule has 4 heteroatoms. The van der Waals surface area contributed by atoms with Crippen LogP contribution in [0.2, 0.25) is 0 Å². The summed E-state index contributed by atoms with van der Waals surface area (Å²) in [5.41, 5.74) is 1.18. The summed E-state index contributed by atoms with van der Waals surface area (Å²) < 4.78 is 7.70. The van der Waals surface area contributed by atoms with Crippen molar-refractivity contribution >= 4 is 10.9 Å². The first-order chi connectivity index (χ1) is 7.93. The monoisotopic (exact) mass is 217 g/mol. The number of fused-ring (bicyclic) bond motifs is 1. The fourth-order valence-corrected chi connectivity index (χ4v) is 2.10. The summed E-state index contributed by atoms with van der Waals surface area (Å²) in [7, 11) is 0. The highest BCUT2D eigenvalue weighted by molar-refractivity contribution is 5.78. The standard InChI is InChI=1S/C12H15N3O/c1-2-4-12-10(3-1)7-14-15(12)9-11-8-13-5-6-16-11/h1-4,7,11,13H,5-6,8-9H2. The molecule has 1 aliphatic heterocycles. The molecule has 3 rings (SSSR count). The molecule has 84 valence electrons. The second kappa shape index (κ2) is 4.23. The van der Waals surface area contributed by atoms with Gasteiger partial charge in [0.15, 0.2) is 0 Å². The zero-order valence-electron chi connectivity index (χ0n) is 9.10. The molecule has 0 saturated carbocycles. The van der Waals surface area contributed by atoms with Gasteiger partial charge in [0.05, 0.1) is 31.0 Å². The first kappa shape index (κ1) is 9.81. The zero-order valence-corrected chi connectivity index (χ0v) is 9.10. The number of ether oxygens (including phenoxy) is 1. The maximum absolute atomic E-state index is 5.68. The summed E-state index contributed by atoms with van der Waals surface area (Å²) in [6, 6.07) is 8.25. The van der Waals surface area contributed by atoms with Gasteiger partial charge in [0, 0.05) is 18.5 Å². The van der Waals surface area contributed by atoms with Crippen LogP contribution >= 0.6 is 0 Å². The molecule has 0 spiro atoms. The third kappa shape index (κ3) is 1.81. The third-order valence-electron chi connectivity index (χ3n) is 2.93. The summed E-state index contributed by atoms with van der Waals surface area (Å²) in [4.78, 5) is 0. The molecule has 2 aromatic rings. The van der Waals surface area contributed by atoms with Crippen LogP contribution in [0.25, 0.3) is 10.9 Å². The van der Waals surface area contributed by atoms with Crippen LogP contribution in [-0.2, 0) is 11.3 Å². The van der Waals surface area contributed by atoms with Crippen molar-refractivity contribution in [2.45, 2.75) is 12.6 Å². The Morgan fingerprint density at radius 1 is 1.44 bits per heavy atom. The maximum atomic E-state index is 5.68. The minimum Gasteiger partial charge on any atom is -0.374 e. The van der Waals surface area contributed by atoms with Crippen molar-refractivity contribution in [1.82, 2.24) is 15.1 Å². The lowest BCUT2D eigenvalue weighted by atomic mass is 10.2. The lowest BCUT2D eigenvalue weighted by Crippen LogP contribution is -2.40. The van der Waals surface area contributed by atoms with E-state index < -0.39 is 0 Å². The summed E-state index contributed by atoms with van der Waals surface area (Å²) in [5.74, 6) is 0. The normalized spacial score (nSPS) is 21.4. The average Bonchev–Trinajstić information content (AvgIpc) is 2.74. The highest BCUT2D eigenvalue weighted by atomic mass is 16.5. The molecule has 1 atom stereocenters. The van der Waals surface area contributed by atoms with E-state index in [2.05, 4.69) is 22.5 Å². The van der Waals surface area contributed by atoms with Crippen LogP contribution in [0.4, 0.5) is 0 Å². The molecule has 1 aromatic heterocycles. The van der Waals surface area contributed by atoms with E-state index in [9.17, 15) is 0 Å². The number of para-hydroxylation sites is 1. The van der Waals surface area contributed by atoms with Crippen LogP contribution in [0.3, 0.4) is 0 Å². The first-order valence-corrected chi connectivity index (χ1v) is 5.66. The number of hydrogen-bond acceptors (Lipinski definition) is 3. The number of morpholine rings is 1. The van der Waals surface area contributed by atoms with Gasteiger partial charge >= 0.3 is 0 Å². The zero-order chi connectivity index (χ0) is 10.8. The Bertz CT molecular complexity index is 474. The van der Waals surface area contributed by atoms with Crippen molar-refractivity contribution in [2.24, 2.45) is 0 Å². The lowest BCUT2D eigenvalue weighted by Gasteiger charge is -2.23. The molecule has 2 heterocycles. The minimum absolute atomic E-state index is 0.233. The van der Waals surface area contributed by atoms with Crippen molar-refractivity contribution in [3.63, 3.8) is 0 Å². The van der Waals surface area contributed by atoms with Crippen molar-refractivity contribution in [1.29, 1.82) is 0 Å². The number of nitrogens with zero attached hydrogens (tertiary/aromatic N) is 2. The molecular formula is C12H15N3O. The molecule has 1 N–H and O–H groups in total. The Kier molecular flexibility index (Phi) is 2.60. The van der Waals surface area contributed by atoms with Gasteiger partial charge in [-0.2, -0.15) is 5.10 Å². The van der Waals surface area contributed by atoms with E-state index in [0.29, 0.717) is 0 Å². The highest BCUT2D eigenvalue weighted by Gasteiger charge is 2.15. The van der Waals surface area contributed by atoms with Crippen molar-refractivity contribution in [3.05, 3.63) is 30.5 Å². The summed E-state index contributed by atoms with van der Waals surface area (Å²) in [6.45, 7) is 3.48. The molecular weight excluding hydrogens is 202 g/mol. The summed E-state index contributed by atoms with van der Waals surface area (Å²) in [6.07, 6.45) is 2.14. The van der Waals surface area contributed by atoms with Crippen LogP contribution < -0.4 is 5.32 Å². The van der Waals surface area contributed by atoms with Gasteiger partial charge in [-0.15, -0.1) is 0 Å². The Morgan fingerprint density at radius 2 is 2.38 bits per heavy atom. The fraction of sp³-hybridized carbons (Fsp3) is 0.417. The van der Waals surface area contributed by atoms with Crippen LogP contribution in [0, 0.1) is 0 Å². The molecule has 1 aromatic carbocycles. The second-order valence-electron chi connectivity index (χ2n) is 4.08. The Balaban J connectivity index is 1.83. The smallest absolute Gasteiger partial charge is 0.0895 e. The Morgan fingerprint density at radius 3 is 3.25 bits per heavy atom. The van der Waals surface area contributed by atoms with Crippen LogP contribution in [0.1, 0.15) is 0 Å². The van der Waals surface area contributed by atoms with Gasteiger partial charge in [0.1, 0.15) is 0 Å². The number of aromatic nitrogens is 2. The molecule has 0 aliphatic carbocycles. The molecule has 1 aliphatic rings. The quantitative estimate of drug-likeness (QED) is 0.816. The minimum atomic E-state index is 0.233. The topological polar surface area (TPSA) is 39.1 Å². The Labute approximate surface area is 94.2 Å².